The lowest BCUT2D eigenvalue weighted by Crippen LogP contribution is -2.27. The molecule has 1 aliphatic rings. The van der Waals surface area contributed by atoms with Crippen LogP contribution < -0.4 is 0 Å². The fourth-order valence-electron chi connectivity index (χ4n) is 0.972. The summed E-state index contributed by atoms with van der Waals surface area (Å²) in [5.74, 6) is -0.307. The predicted octanol–water partition coefficient (Wildman–Crippen LogP) is -1.02. The van der Waals surface area contributed by atoms with E-state index in [9.17, 15) is 4.79 Å². The van der Waals surface area contributed by atoms with Gasteiger partial charge in [-0.2, -0.15) is 5.21 Å². The van der Waals surface area contributed by atoms with Gasteiger partial charge in [0.25, 0.3) is 5.82 Å². The van der Waals surface area contributed by atoms with Gasteiger partial charge in [0.1, 0.15) is 0 Å². The molecule has 1 saturated heterocycles. The number of amides is 1. The zero-order valence-electron chi connectivity index (χ0n) is 6.23. The Kier molecular flexibility index (Phi) is 1.71. The highest BCUT2D eigenvalue weighted by Crippen LogP contribution is 2.06. The van der Waals surface area contributed by atoms with Crippen LogP contribution in [0.2, 0.25) is 0 Å². The van der Waals surface area contributed by atoms with Crippen LogP contribution in [0.5, 0.6) is 0 Å². The number of tetrazole rings is 1. The number of rotatable bonds is 1. The first-order valence-corrected chi connectivity index (χ1v) is 3.56. The topological polar surface area (TPSA) is 84.0 Å². The zero-order chi connectivity index (χ0) is 8.39. The molecule has 0 saturated carbocycles. The van der Waals surface area contributed by atoms with Crippen LogP contribution in [0.25, 0.3) is 0 Å². The van der Waals surface area contributed by atoms with Crippen molar-refractivity contribution in [2.24, 2.45) is 0 Å². The first kappa shape index (κ1) is 7.17. The van der Waals surface area contributed by atoms with Crippen LogP contribution in [0.1, 0.15) is 17.0 Å². The molecule has 64 valence electrons. The number of carbonyl (C=O) groups excluding carboxylic acids is 1. The van der Waals surface area contributed by atoms with Gasteiger partial charge >= 0.3 is 5.91 Å². The molecule has 0 aliphatic carbocycles. The molecule has 7 heteroatoms. The van der Waals surface area contributed by atoms with Gasteiger partial charge in [0.2, 0.25) is 0 Å². The Morgan fingerprint density at radius 1 is 1.67 bits per heavy atom. The molecule has 2 heterocycles. The molecule has 0 radical (unpaired) electrons. The first-order valence-electron chi connectivity index (χ1n) is 3.56. The Balaban J connectivity index is 2.09. The molecular weight excluding hydrogens is 162 g/mol. The molecule has 0 spiro atoms. The molecule has 1 N–H and O–H groups in total. The van der Waals surface area contributed by atoms with Gasteiger partial charge in [-0.15, -0.1) is 10.2 Å². The van der Waals surface area contributed by atoms with Crippen molar-refractivity contribution >= 4 is 5.91 Å². The third-order valence-corrected chi connectivity index (χ3v) is 1.52. The molecule has 12 heavy (non-hydrogen) atoms. The van der Waals surface area contributed by atoms with Gasteiger partial charge in [0.05, 0.1) is 13.2 Å². The van der Waals surface area contributed by atoms with Gasteiger partial charge < -0.3 is 0 Å². The van der Waals surface area contributed by atoms with Crippen LogP contribution >= 0.6 is 0 Å². The van der Waals surface area contributed by atoms with E-state index in [0.717, 1.165) is 6.42 Å². The number of aromatic nitrogens is 4. The van der Waals surface area contributed by atoms with Crippen molar-refractivity contribution < 1.29 is 9.63 Å². The van der Waals surface area contributed by atoms with Crippen molar-refractivity contribution in [3.63, 3.8) is 0 Å². The zero-order valence-corrected chi connectivity index (χ0v) is 6.23. The molecule has 1 aliphatic heterocycles. The Hall–Kier alpha value is -1.50. The largest absolute Gasteiger partial charge is 0.318 e. The van der Waals surface area contributed by atoms with E-state index in [0.29, 0.717) is 13.2 Å². The van der Waals surface area contributed by atoms with Gasteiger partial charge in [-0.05, 0) is 11.6 Å². The number of aromatic amines is 1. The van der Waals surface area contributed by atoms with Gasteiger partial charge in [0, 0.05) is 0 Å². The Morgan fingerprint density at radius 3 is 3.17 bits per heavy atom. The molecular formula is C5H7N5O2. The van der Waals surface area contributed by atoms with Gasteiger partial charge in [-0.1, -0.05) is 0 Å². The minimum absolute atomic E-state index is 0.0388. The van der Waals surface area contributed by atoms with E-state index < -0.39 is 0 Å². The molecule has 0 atom stereocenters. The number of hydroxylamine groups is 2. The second-order valence-electron chi connectivity index (χ2n) is 2.33. The summed E-state index contributed by atoms with van der Waals surface area (Å²) in [5.41, 5.74) is 0. The highest BCUT2D eigenvalue weighted by atomic mass is 16.7. The third kappa shape index (κ3) is 1.14. The van der Waals surface area contributed by atoms with E-state index in [4.69, 9.17) is 4.84 Å². The lowest BCUT2D eigenvalue weighted by Gasteiger charge is -2.09. The number of hydrogen-bond donors (Lipinski definition) is 1. The number of hydrogen-bond acceptors (Lipinski definition) is 5. The SMILES string of the molecule is O=C(c1nn[nH]n1)N1CCCO1. The maximum Gasteiger partial charge on any atom is 0.318 e. The van der Waals surface area contributed by atoms with Crippen LogP contribution in [0.4, 0.5) is 0 Å². The Morgan fingerprint density at radius 2 is 2.58 bits per heavy atom. The number of carbonyl (C=O) groups is 1. The van der Waals surface area contributed by atoms with Crippen molar-refractivity contribution in [3.8, 4) is 0 Å². The minimum atomic E-state index is -0.346. The normalized spacial score (nSPS) is 16.8. The van der Waals surface area contributed by atoms with Crippen molar-refractivity contribution in [2.75, 3.05) is 13.2 Å². The van der Waals surface area contributed by atoms with E-state index in [2.05, 4.69) is 20.6 Å². The Bertz CT molecular complexity index is 265. The van der Waals surface area contributed by atoms with E-state index in [1.165, 1.54) is 5.06 Å². The molecule has 7 nitrogen and oxygen atoms in total. The first-order chi connectivity index (χ1) is 5.88. The van der Waals surface area contributed by atoms with Crippen molar-refractivity contribution in [1.29, 1.82) is 0 Å². The van der Waals surface area contributed by atoms with E-state index in [1.54, 1.807) is 0 Å². The maximum absolute atomic E-state index is 11.3. The summed E-state index contributed by atoms with van der Waals surface area (Å²) in [7, 11) is 0. The Labute approximate surface area is 67.6 Å². The van der Waals surface area contributed by atoms with E-state index in [-0.39, 0.29) is 11.7 Å². The van der Waals surface area contributed by atoms with Crippen LogP contribution in [-0.2, 0) is 4.84 Å². The van der Waals surface area contributed by atoms with Crippen LogP contribution in [0.3, 0.4) is 0 Å². The van der Waals surface area contributed by atoms with Crippen LogP contribution in [-0.4, -0.2) is 44.7 Å². The fraction of sp³-hybridized carbons (Fsp3) is 0.600. The fourth-order valence-corrected chi connectivity index (χ4v) is 0.972. The molecule has 0 unspecified atom stereocenters. The lowest BCUT2D eigenvalue weighted by atomic mass is 10.4. The second kappa shape index (κ2) is 2.86. The maximum atomic E-state index is 11.3. The van der Waals surface area contributed by atoms with Gasteiger partial charge in [-0.3, -0.25) is 9.63 Å². The molecule has 2 rings (SSSR count). The van der Waals surface area contributed by atoms with Crippen molar-refractivity contribution in [3.05, 3.63) is 5.82 Å². The van der Waals surface area contributed by atoms with Crippen molar-refractivity contribution in [1.82, 2.24) is 25.7 Å². The quantitative estimate of drug-likeness (QED) is 0.581. The minimum Gasteiger partial charge on any atom is -0.271 e. The predicted molar refractivity (Wildman–Crippen MR) is 35.8 cm³/mol. The average Bonchev–Trinajstić information content (AvgIpc) is 2.77. The molecule has 0 bridgehead atoms. The van der Waals surface area contributed by atoms with Crippen molar-refractivity contribution in [2.45, 2.75) is 6.42 Å². The van der Waals surface area contributed by atoms with E-state index >= 15 is 0 Å². The monoisotopic (exact) mass is 169 g/mol. The standard InChI is InChI=1S/C5H7N5O2/c11-5(4-6-8-9-7-4)10-2-1-3-12-10/h1-3H2,(H,6,7,8,9). The van der Waals surface area contributed by atoms with Gasteiger partial charge in [0.15, 0.2) is 0 Å². The highest BCUT2D eigenvalue weighted by molar-refractivity contribution is 5.89. The van der Waals surface area contributed by atoms with E-state index in [1.807, 2.05) is 0 Å². The van der Waals surface area contributed by atoms with Crippen LogP contribution in [0, 0.1) is 0 Å². The summed E-state index contributed by atoms with van der Waals surface area (Å²) < 4.78 is 0. The number of nitrogens with one attached hydrogen (secondary N) is 1. The summed E-state index contributed by atoms with van der Waals surface area (Å²) >= 11 is 0. The summed E-state index contributed by atoms with van der Waals surface area (Å²) in [4.78, 5) is 16.3. The number of H-pyrrole nitrogens is 1. The average molecular weight is 169 g/mol. The third-order valence-electron chi connectivity index (χ3n) is 1.52. The lowest BCUT2D eigenvalue weighted by molar-refractivity contribution is -0.0775. The second-order valence-corrected chi connectivity index (χ2v) is 2.33. The molecule has 1 amide bonds. The van der Waals surface area contributed by atoms with Crippen LogP contribution in [0.15, 0.2) is 0 Å². The molecule has 1 aromatic heterocycles. The molecule has 1 fully saturated rings. The summed E-state index contributed by atoms with van der Waals surface area (Å²) in [6.07, 6.45) is 0.851. The molecule has 1 aromatic rings. The summed E-state index contributed by atoms with van der Waals surface area (Å²) in [5, 5.41) is 13.8. The summed E-state index contributed by atoms with van der Waals surface area (Å²) in [6, 6.07) is 0. The van der Waals surface area contributed by atoms with Gasteiger partial charge in [-0.25, -0.2) is 5.06 Å². The smallest absolute Gasteiger partial charge is 0.271 e. The number of nitrogens with zero attached hydrogens (tertiary/aromatic N) is 4. The summed E-state index contributed by atoms with van der Waals surface area (Å²) in [6.45, 7) is 1.16. The highest BCUT2D eigenvalue weighted by Gasteiger charge is 2.23. The molecule has 0 aromatic carbocycles.